The van der Waals surface area contributed by atoms with Crippen LogP contribution in [0, 0.1) is 12.8 Å². The maximum Gasteiger partial charge on any atom is 0.335 e. The lowest BCUT2D eigenvalue weighted by atomic mass is 9.87. The van der Waals surface area contributed by atoms with Crippen molar-refractivity contribution in [1.82, 2.24) is 9.88 Å². The molecule has 1 aliphatic rings. The van der Waals surface area contributed by atoms with E-state index in [1.807, 2.05) is 18.3 Å². The number of rotatable bonds is 5. The van der Waals surface area contributed by atoms with Gasteiger partial charge in [-0.15, -0.1) is 0 Å². The summed E-state index contributed by atoms with van der Waals surface area (Å²) < 4.78 is 5.74. The van der Waals surface area contributed by atoms with E-state index in [9.17, 15) is 9.90 Å². The highest BCUT2D eigenvalue weighted by molar-refractivity contribution is 5.88. The van der Waals surface area contributed by atoms with Crippen molar-refractivity contribution >= 4 is 16.9 Å². The Bertz CT molecular complexity index is 1020. The highest BCUT2D eigenvalue weighted by Crippen LogP contribution is 2.38. The molecule has 0 saturated carbocycles. The van der Waals surface area contributed by atoms with Crippen molar-refractivity contribution in [2.75, 3.05) is 13.7 Å². The number of fused-ring (bicyclic) bond motifs is 1. The first-order chi connectivity index (χ1) is 14.0. The largest absolute Gasteiger partial charge is 0.496 e. The van der Waals surface area contributed by atoms with Gasteiger partial charge in [0.15, 0.2) is 0 Å². The van der Waals surface area contributed by atoms with Gasteiger partial charge in [0.2, 0.25) is 0 Å². The Morgan fingerprint density at radius 1 is 1.28 bits per heavy atom. The monoisotopic (exact) mass is 392 g/mol. The molecule has 3 aromatic rings. The van der Waals surface area contributed by atoms with Gasteiger partial charge >= 0.3 is 5.97 Å². The molecule has 4 rings (SSSR count). The topological polar surface area (TPSA) is 65.6 Å². The van der Waals surface area contributed by atoms with Crippen molar-refractivity contribution < 1.29 is 14.6 Å². The summed E-state index contributed by atoms with van der Waals surface area (Å²) in [5.74, 6) is 0.681. The average molecular weight is 392 g/mol. The van der Waals surface area contributed by atoms with E-state index < -0.39 is 5.97 Å². The van der Waals surface area contributed by atoms with E-state index in [2.05, 4.69) is 35.9 Å². The Hall–Kier alpha value is -2.79. The highest BCUT2D eigenvalue weighted by Gasteiger charge is 2.29. The molecule has 2 heterocycles. The van der Waals surface area contributed by atoms with E-state index in [1.54, 1.807) is 19.2 Å². The van der Waals surface area contributed by atoms with Crippen molar-refractivity contribution in [3.8, 4) is 5.75 Å². The van der Waals surface area contributed by atoms with Gasteiger partial charge in [-0.3, -0.25) is 4.90 Å². The molecule has 29 heavy (non-hydrogen) atoms. The normalized spacial score (nSPS) is 20.1. The smallest absolute Gasteiger partial charge is 0.335 e. The van der Waals surface area contributed by atoms with Crippen LogP contribution in [0.1, 0.15) is 52.9 Å². The number of benzene rings is 2. The minimum absolute atomic E-state index is 0.265. The van der Waals surface area contributed by atoms with Crippen molar-refractivity contribution in [3.63, 3.8) is 0 Å². The van der Waals surface area contributed by atoms with Gasteiger partial charge in [0.25, 0.3) is 0 Å². The Balaban J connectivity index is 1.69. The van der Waals surface area contributed by atoms with E-state index in [0.717, 1.165) is 37.2 Å². The lowest BCUT2D eigenvalue weighted by Crippen LogP contribution is -2.36. The van der Waals surface area contributed by atoms with Crippen LogP contribution in [0.2, 0.25) is 0 Å². The van der Waals surface area contributed by atoms with Crippen LogP contribution in [0.3, 0.4) is 0 Å². The number of aromatic carboxylic acids is 1. The number of hydrogen-bond acceptors (Lipinski definition) is 3. The number of carbonyl (C=O) groups is 1. The number of nitrogens with zero attached hydrogens (tertiary/aromatic N) is 1. The third kappa shape index (κ3) is 3.75. The third-order valence-corrected chi connectivity index (χ3v) is 6.21. The molecule has 0 radical (unpaired) electrons. The number of piperidine rings is 1. The van der Waals surface area contributed by atoms with Gasteiger partial charge in [-0.05, 0) is 67.6 Å². The van der Waals surface area contributed by atoms with Crippen molar-refractivity contribution in [2.24, 2.45) is 5.92 Å². The molecule has 2 aromatic carbocycles. The van der Waals surface area contributed by atoms with Crippen molar-refractivity contribution in [3.05, 3.63) is 64.8 Å². The average Bonchev–Trinajstić information content (AvgIpc) is 3.21. The standard InChI is InChI=1S/C24H28N2O3/c1-15-9-11-26(21(12-15)17-4-6-18(7-5-17)24(27)28)14-20-19-8-10-25-23(19)16(2)13-22(20)29-3/h4-8,10,13,15,21,25H,9,11-12,14H2,1-3H3,(H,27,28)/t15-,21-/m0/s1. The summed E-state index contributed by atoms with van der Waals surface area (Å²) in [7, 11) is 1.73. The van der Waals surface area contributed by atoms with E-state index >= 15 is 0 Å². The fourth-order valence-corrected chi connectivity index (χ4v) is 4.56. The number of aryl methyl sites for hydroxylation is 1. The van der Waals surface area contributed by atoms with Gasteiger partial charge in [-0.1, -0.05) is 19.1 Å². The number of H-pyrrole nitrogens is 1. The Morgan fingerprint density at radius 2 is 2.03 bits per heavy atom. The lowest BCUT2D eigenvalue weighted by Gasteiger charge is -2.39. The van der Waals surface area contributed by atoms with Crippen molar-refractivity contribution in [1.29, 1.82) is 0 Å². The maximum absolute atomic E-state index is 11.2. The van der Waals surface area contributed by atoms with Gasteiger partial charge in [-0.25, -0.2) is 4.79 Å². The van der Waals surface area contributed by atoms with Gasteiger partial charge < -0.3 is 14.8 Å². The number of ether oxygens (including phenoxy) is 1. The number of hydrogen-bond donors (Lipinski definition) is 2. The van der Waals surface area contributed by atoms with Crippen LogP contribution in [-0.4, -0.2) is 34.6 Å². The number of carboxylic acids is 1. The van der Waals surface area contributed by atoms with Crippen LogP contribution in [-0.2, 0) is 6.54 Å². The summed E-state index contributed by atoms with van der Waals surface area (Å²) in [4.78, 5) is 17.1. The summed E-state index contributed by atoms with van der Waals surface area (Å²) >= 11 is 0. The van der Waals surface area contributed by atoms with Gasteiger partial charge in [0, 0.05) is 35.2 Å². The minimum atomic E-state index is -0.885. The van der Waals surface area contributed by atoms with Crippen LogP contribution >= 0.6 is 0 Å². The Morgan fingerprint density at radius 3 is 2.72 bits per heavy atom. The summed E-state index contributed by atoms with van der Waals surface area (Å²) in [6, 6.07) is 11.9. The minimum Gasteiger partial charge on any atom is -0.496 e. The van der Waals surface area contributed by atoms with Crippen LogP contribution in [0.5, 0.6) is 5.75 Å². The van der Waals surface area contributed by atoms with Crippen LogP contribution in [0.4, 0.5) is 0 Å². The molecule has 0 spiro atoms. The molecule has 0 amide bonds. The summed E-state index contributed by atoms with van der Waals surface area (Å²) in [6.45, 7) is 6.21. The molecule has 0 unspecified atom stereocenters. The molecule has 5 nitrogen and oxygen atoms in total. The molecular formula is C24H28N2O3. The molecule has 2 atom stereocenters. The molecule has 5 heteroatoms. The molecule has 0 aliphatic carbocycles. The molecule has 1 aliphatic heterocycles. The molecule has 2 N–H and O–H groups in total. The molecule has 152 valence electrons. The lowest BCUT2D eigenvalue weighted by molar-refractivity contribution is 0.0696. The van der Waals surface area contributed by atoms with Gasteiger partial charge in [0.05, 0.1) is 12.7 Å². The highest BCUT2D eigenvalue weighted by atomic mass is 16.5. The van der Waals surface area contributed by atoms with Gasteiger partial charge in [0.1, 0.15) is 5.75 Å². The Kier molecular flexibility index (Phi) is 5.33. The number of aromatic nitrogens is 1. The molecule has 1 fully saturated rings. The summed E-state index contributed by atoms with van der Waals surface area (Å²) in [5.41, 5.74) is 5.06. The summed E-state index contributed by atoms with van der Waals surface area (Å²) in [5, 5.41) is 10.4. The predicted octanol–water partition coefficient (Wildman–Crippen LogP) is 5.16. The number of methoxy groups -OCH3 is 1. The van der Waals surface area contributed by atoms with Crippen LogP contribution < -0.4 is 4.74 Å². The number of carboxylic acid groups (broad SMARTS) is 1. The number of aromatic amines is 1. The predicted molar refractivity (Wildman–Crippen MR) is 115 cm³/mol. The first-order valence-corrected chi connectivity index (χ1v) is 10.2. The quantitative estimate of drug-likeness (QED) is 0.630. The number of likely N-dealkylation sites (tertiary alicyclic amines) is 1. The molecule has 1 aromatic heterocycles. The Labute approximate surface area is 171 Å². The molecule has 1 saturated heterocycles. The second-order valence-electron chi connectivity index (χ2n) is 8.18. The van der Waals surface area contributed by atoms with E-state index in [4.69, 9.17) is 4.74 Å². The summed E-state index contributed by atoms with van der Waals surface area (Å²) in [6.07, 6.45) is 4.21. The second-order valence-corrected chi connectivity index (χ2v) is 8.18. The molecular weight excluding hydrogens is 364 g/mol. The zero-order valence-electron chi connectivity index (χ0n) is 17.2. The van der Waals surface area contributed by atoms with E-state index in [0.29, 0.717) is 11.5 Å². The van der Waals surface area contributed by atoms with E-state index in [-0.39, 0.29) is 6.04 Å². The van der Waals surface area contributed by atoms with Crippen LogP contribution in [0.25, 0.3) is 10.9 Å². The zero-order chi connectivity index (χ0) is 20.5. The fraction of sp³-hybridized carbons (Fsp3) is 0.375. The molecule has 0 bridgehead atoms. The maximum atomic E-state index is 11.2. The van der Waals surface area contributed by atoms with Crippen LogP contribution in [0.15, 0.2) is 42.6 Å². The third-order valence-electron chi connectivity index (χ3n) is 6.21. The van der Waals surface area contributed by atoms with E-state index in [1.165, 1.54) is 22.1 Å². The van der Waals surface area contributed by atoms with Crippen molar-refractivity contribution in [2.45, 2.75) is 39.3 Å². The second kappa shape index (κ2) is 7.91. The number of nitrogens with one attached hydrogen (secondary N) is 1. The SMILES string of the molecule is COc1cc(C)c2[nH]ccc2c1CN1CC[C@H](C)C[C@H]1c1ccc(C(=O)O)cc1. The fourth-order valence-electron chi connectivity index (χ4n) is 4.56. The first-order valence-electron chi connectivity index (χ1n) is 10.2. The first kappa shape index (κ1) is 19.5. The van der Waals surface area contributed by atoms with Gasteiger partial charge in [-0.2, -0.15) is 0 Å². The zero-order valence-corrected chi connectivity index (χ0v) is 17.2.